The zero-order valence-electron chi connectivity index (χ0n) is 17.3. The molecular formula is C23H28N4O4. The van der Waals surface area contributed by atoms with Crippen LogP contribution in [0.15, 0.2) is 58.7 Å². The molecule has 0 spiro atoms. The fourth-order valence-electron chi connectivity index (χ4n) is 2.75. The average molecular weight is 425 g/mol. The number of para-hydroxylation sites is 2. The zero-order chi connectivity index (χ0) is 22.3. The molecule has 2 aromatic carbocycles. The number of aromatic hydroxyl groups is 2. The Labute approximate surface area is 181 Å². The second kappa shape index (κ2) is 13.5. The first-order chi connectivity index (χ1) is 15.1. The van der Waals surface area contributed by atoms with Crippen molar-refractivity contribution in [3.63, 3.8) is 0 Å². The average Bonchev–Trinajstić information content (AvgIpc) is 2.76. The largest absolute Gasteiger partial charge is 0.507 e. The number of hydrogen-bond donors (Lipinski definition) is 4. The molecule has 0 bridgehead atoms. The third-order valence-corrected chi connectivity index (χ3v) is 4.47. The van der Waals surface area contributed by atoms with Crippen LogP contribution >= 0.6 is 0 Å². The van der Waals surface area contributed by atoms with Crippen LogP contribution in [-0.4, -0.2) is 34.5 Å². The van der Waals surface area contributed by atoms with Crippen LogP contribution in [-0.2, 0) is 9.59 Å². The van der Waals surface area contributed by atoms with Crippen molar-refractivity contribution in [2.75, 3.05) is 0 Å². The summed E-state index contributed by atoms with van der Waals surface area (Å²) in [5.74, 6) is -0.130. The van der Waals surface area contributed by atoms with Crippen LogP contribution in [0.2, 0.25) is 0 Å². The number of phenolic OH excluding ortho intramolecular Hbond substituents is 2. The topological polar surface area (TPSA) is 123 Å². The molecule has 0 heterocycles. The summed E-state index contributed by atoms with van der Waals surface area (Å²) in [7, 11) is 0. The molecule has 2 rings (SSSR count). The highest BCUT2D eigenvalue weighted by atomic mass is 16.3. The highest BCUT2D eigenvalue weighted by Gasteiger charge is 2.02. The van der Waals surface area contributed by atoms with Crippen LogP contribution in [0.1, 0.15) is 56.1 Å². The van der Waals surface area contributed by atoms with Crippen molar-refractivity contribution in [2.45, 2.75) is 44.9 Å². The maximum Gasteiger partial charge on any atom is 0.240 e. The third kappa shape index (κ3) is 9.58. The maximum absolute atomic E-state index is 11.8. The van der Waals surface area contributed by atoms with E-state index in [0.717, 1.165) is 32.1 Å². The van der Waals surface area contributed by atoms with Crippen molar-refractivity contribution >= 4 is 24.2 Å². The molecule has 8 nitrogen and oxygen atoms in total. The van der Waals surface area contributed by atoms with Crippen LogP contribution < -0.4 is 10.9 Å². The molecule has 4 N–H and O–H groups in total. The predicted octanol–water partition coefficient (Wildman–Crippen LogP) is 3.43. The van der Waals surface area contributed by atoms with Crippen molar-refractivity contribution in [3.8, 4) is 11.5 Å². The fourth-order valence-corrected chi connectivity index (χ4v) is 2.75. The Hall–Kier alpha value is -3.68. The molecule has 0 aliphatic rings. The molecule has 31 heavy (non-hydrogen) atoms. The van der Waals surface area contributed by atoms with Crippen molar-refractivity contribution in [1.29, 1.82) is 0 Å². The van der Waals surface area contributed by atoms with Crippen LogP contribution in [0.5, 0.6) is 11.5 Å². The number of phenols is 2. The van der Waals surface area contributed by atoms with E-state index in [4.69, 9.17) is 0 Å². The van der Waals surface area contributed by atoms with Crippen molar-refractivity contribution in [1.82, 2.24) is 10.9 Å². The molecule has 164 valence electrons. The predicted molar refractivity (Wildman–Crippen MR) is 120 cm³/mol. The molecule has 2 amide bonds. The SMILES string of the molecule is O=C(CCCCCCCC(=O)NN=Cc1ccccc1O)NN=Cc1ccccc1O. The Morgan fingerprint density at radius 3 is 1.48 bits per heavy atom. The van der Waals surface area contributed by atoms with Gasteiger partial charge in [0.2, 0.25) is 11.8 Å². The summed E-state index contributed by atoms with van der Waals surface area (Å²) in [4.78, 5) is 23.5. The van der Waals surface area contributed by atoms with Gasteiger partial charge in [0.15, 0.2) is 0 Å². The lowest BCUT2D eigenvalue weighted by Crippen LogP contribution is -2.17. The second-order valence-corrected chi connectivity index (χ2v) is 6.97. The number of rotatable bonds is 12. The number of hydrazone groups is 2. The van der Waals surface area contributed by atoms with Crippen LogP contribution in [0.25, 0.3) is 0 Å². The number of carbonyl (C=O) groups is 2. The molecule has 0 saturated carbocycles. The van der Waals surface area contributed by atoms with Gasteiger partial charge in [-0.2, -0.15) is 10.2 Å². The molecule has 0 radical (unpaired) electrons. The van der Waals surface area contributed by atoms with Gasteiger partial charge in [-0.3, -0.25) is 9.59 Å². The van der Waals surface area contributed by atoms with Crippen LogP contribution in [0, 0.1) is 0 Å². The lowest BCUT2D eigenvalue weighted by atomic mass is 10.1. The van der Waals surface area contributed by atoms with Gasteiger partial charge in [0.25, 0.3) is 0 Å². The number of nitrogens with zero attached hydrogens (tertiary/aromatic N) is 2. The van der Waals surface area contributed by atoms with Gasteiger partial charge in [0.1, 0.15) is 11.5 Å². The summed E-state index contributed by atoms with van der Waals surface area (Å²) < 4.78 is 0. The number of amides is 2. The van der Waals surface area contributed by atoms with E-state index in [1.165, 1.54) is 12.4 Å². The van der Waals surface area contributed by atoms with Gasteiger partial charge in [-0.15, -0.1) is 0 Å². The van der Waals surface area contributed by atoms with Gasteiger partial charge < -0.3 is 10.2 Å². The van der Waals surface area contributed by atoms with E-state index in [1.807, 2.05) is 0 Å². The quantitative estimate of drug-likeness (QED) is 0.237. The summed E-state index contributed by atoms with van der Waals surface area (Å²) >= 11 is 0. The normalized spacial score (nSPS) is 11.1. The van der Waals surface area contributed by atoms with E-state index in [1.54, 1.807) is 48.5 Å². The van der Waals surface area contributed by atoms with E-state index in [9.17, 15) is 19.8 Å². The minimum atomic E-state index is -0.173. The summed E-state index contributed by atoms with van der Waals surface area (Å²) in [6.07, 6.45) is 7.77. The van der Waals surface area contributed by atoms with Crippen molar-refractivity contribution in [2.24, 2.45) is 10.2 Å². The van der Waals surface area contributed by atoms with E-state index in [2.05, 4.69) is 21.1 Å². The van der Waals surface area contributed by atoms with Gasteiger partial charge in [0.05, 0.1) is 12.4 Å². The molecular weight excluding hydrogens is 396 g/mol. The Kier molecular flexibility index (Phi) is 10.3. The maximum atomic E-state index is 11.8. The molecule has 0 saturated heterocycles. The van der Waals surface area contributed by atoms with Crippen LogP contribution in [0.3, 0.4) is 0 Å². The molecule has 0 atom stereocenters. The summed E-state index contributed by atoms with van der Waals surface area (Å²) in [6.45, 7) is 0. The molecule has 8 heteroatoms. The monoisotopic (exact) mass is 424 g/mol. The standard InChI is InChI=1S/C23H28N4O4/c28-20-12-8-6-10-18(20)16-24-26-22(30)14-4-2-1-3-5-15-23(31)27-25-17-19-11-7-9-13-21(19)29/h6-13,16-17,28-29H,1-5,14-15H2,(H,26,30)(H,27,31). The van der Waals surface area contributed by atoms with E-state index in [-0.39, 0.29) is 23.3 Å². The number of benzene rings is 2. The zero-order valence-corrected chi connectivity index (χ0v) is 17.3. The first-order valence-electron chi connectivity index (χ1n) is 10.3. The minimum absolute atomic E-state index is 0.108. The van der Waals surface area contributed by atoms with Gasteiger partial charge in [-0.25, -0.2) is 10.9 Å². The summed E-state index contributed by atoms with van der Waals surface area (Å²) in [6, 6.07) is 13.5. The molecule has 0 aliphatic heterocycles. The number of hydrogen-bond acceptors (Lipinski definition) is 6. The van der Waals surface area contributed by atoms with Gasteiger partial charge in [0, 0.05) is 24.0 Å². The molecule has 0 aromatic heterocycles. The Bertz CT molecular complexity index is 838. The highest BCUT2D eigenvalue weighted by Crippen LogP contribution is 2.13. The van der Waals surface area contributed by atoms with Crippen LogP contribution in [0.4, 0.5) is 0 Å². The van der Waals surface area contributed by atoms with E-state index >= 15 is 0 Å². The van der Waals surface area contributed by atoms with Crippen molar-refractivity contribution in [3.05, 3.63) is 59.7 Å². The first-order valence-corrected chi connectivity index (χ1v) is 10.3. The first kappa shape index (κ1) is 23.6. The molecule has 0 unspecified atom stereocenters. The number of unbranched alkanes of at least 4 members (excludes halogenated alkanes) is 4. The summed E-state index contributed by atoms with van der Waals surface area (Å²) in [5, 5.41) is 26.9. The van der Waals surface area contributed by atoms with E-state index < -0.39 is 0 Å². The van der Waals surface area contributed by atoms with E-state index in [0.29, 0.717) is 24.0 Å². The second-order valence-electron chi connectivity index (χ2n) is 6.97. The Morgan fingerprint density at radius 2 is 1.06 bits per heavy atom. The van der Waals surface area contributed by atoms with Gasteiger partial charge in [-0.05, 0) is 37.1 Å². The minimum Gasteiger partial charge on any atom is -0.507 e. The molecule has 0 fully saturated rings. The van der Waals surface area contributed by atoms with Gasteiger partial charge in [-0.1, -0.05) is 43.5 Å². The lowest BCUT2D eigenvalue weighted by Gasteiger charge is -2.02. The summed E-state index contributed by atoms with van der Waals surface area (Å²) in [5.41, 5.74) is 5.97. The van der Waals surface area contributed by atoms with Crippen molar-refractivity contribution < 1.29 is 19.8 Å². The van der Waals surface area contributed by atoms with Gasteiger partial charge >= 0.3 is 0 Å². The number of carbonyl (C=O) groups excluding carboxylic acids is 2. The Balaban J connectivity index is 1.48. The Morgan fingerprint density at radius 1 is 0.677 bits per heavy atom. The fraction of sp³-hybridized carbons (Fsp3) is 0.304. The smallest absolute Gasteiger partial charge is 0.240 e. The molecule has 0 aliphatic carbocycles. The third-order valence-electron chi connectivity index (χ3n) is 4.47. The molecule has 2 aromatic rings. The highest BCUT2D eigenvalue weighted by molar-refractivity contribution is 5.85. The lowest BCUT2D eigenvalue weighted by molar-refractivity contribution is -0.121. The number of nitrogens with one attached hydrogen (secondary N) is 2.